The fraction of sp³-hybridized carbons (Fsp3) is 0.200. The lowest BCUT2D eigenvalue weighted by Gasteiger charge is -2.16. The van der Waals surface area contributed by atoms with E-state index in [1.165, 1.54) is 0 Å². The van der Waals surface area contributed by atoms with Crippen LogP contribution < -0.4 is 5.32 Å². The molecule has 2 rings (SSSR count). The van der Waals surface area contributed by atoms with Crippen molar-refractivity contribution in [3.8, 4) is 0 Å². The molecule has 2 unspecified atom stereocenters. The maximum Gasteiger partial charge on any atom is 0.0574 e. The highest BCUT2D eigenvalue weighted by Gasteiger charge is 2.15. The van der Waals surface area contributed by atoms with E-state index in [0.29, 0.717) is 15.7 Å². The molecule has 0 bridgehead atoms. The van der Waals surface area contributed by atoms with Gasteiger partial charge in [0, 0.05) is 11.8 Å². The molecule has 0 heterocycles. The molecule has 2 nitrogen and oxygen atoms in total. The molecule has 2 aromatic rings. The highest BCUT2D eigenvalue weighted by Crippen LogP contribution is 2.22. The number of hydrogen-bond donors (Lipinski definition) is 1. The number of rotatable bonds is 5. The van der Waals surface area contributed by atoms with Gasteiger partial charge in [-0.3, -0.25) is 4.21 Å². The predicted octanol–water partition coefficient (Wildman–Crippen LogP) is 3.41. The van der Waals surface area contributed by atoms with Crippen molar-refractivity contribution in [3.63, 3.8) is 0 Å². The smallest absolute Gasteiger partial charge is 0.0574 e. The third-order valence-corrected chi connectivity index (χ3v) is 4.87. The Hall–Kier alpha value is -1.16. The van der Waals surface area contributed by atoms with E-state index in [-0.39, 0.29) is 6.04 Å². The van der Waals surface area contributed by atoms with Gasteiger partial charge >= 0.3 is 0 Å². The monoisotopic (exact) mass is 293 g/mol. The van der Waals surface area contributed by atoms with Gasteiger partial charge in [-0.05, 0) is 24.7 Å². The van der Waals surface area contributed by atoms with Crippen LogP contribution in [-0.2, 0) is 10.8 Å². The van der Waals surface area contributed by atoms with Crippen molar-refractivity contribution in [3.05, 3.63) is 65.2 Å². The Morgan fingerprint density at radius 2 is 1.74 bits per heavy atom. The topological polar surface area (TPSA) is 29.1 Å². The minimum absolute atomic E-state index is 0.0540. The molecule has 2 aromatic carbocycles. The third kappa shape index (κ3) is 3.66. The first-order valence-electron chi connectivity index (χ1n) is 6.07. The summed E-state index contributed by atoms with van der Waals surface area (Å²) < 4.78 is 12.4. The second kappa shape index (κ2) is 6.85. The number of benzene rings is 2. The lowest BCUT2D eigenvalue weighted by molar-refractivity contribution is 0.636. The molecule has 0 aliphatic carbocycles. The van der Waals surface area contributed by atoms with Gasteiger partial charge in [-0.1, -0.05) is 54.1 Å². The van der Waals surface area contributed by atoms with Crippen LogP contribution in [0, 0.1) is 0 Å². The zero-order chi connectivity index (χ0) is 13.7. The highest BCUT2D eigenvalue weighted by molar-refractivity contribution is 7.85. The number of halogens is 1. The van der Waals surface area contributed by atoms with Crippen molar-refractivity contribution in [2.75, 3.05) is 12.8 Å². The minimum atomic E-state index is -1.12. The molecular weight excluding hydrogens is 278 g/mol. The van der Waals surface area contributed by atoms with Gasteiger partial charge in [-0.2, -0.15) is 0 Å². The van der Waals surface area contributed by atoms with E-state index in [1.54, 1.807) is 6.07 Å². The van der Waals surface area contributed by atoms with Crippen molar-refractivity contribution in [2.45, 2.75) is 10.9 Å². The fourth-order valence-electron chi connectivity index (χ4n) is 1.90. The van der Waals surface area contributed by atoms with E-state index in [1.807, 2.05) is 55.6 Å². The Morgan fingerprint density at radius 3 is 2.37 bits per heavy atom. The first-order chi connectivity index (χ1) is 9.22. The predicted molar refractivity (Wildman–Crippen MR) is 81.0 cm³/mol. The average molecular weight is 294 g/mol. The Labute approximate surface area is 121 Å². The van der Waals surface area contributed by atoms with Crippen LogP contribution >= 0.6 is 11.6 Å². The molecule has 1 N–H and O–H groups in total. The summed E-state index contributed by atoms with van der Waals surface area (Å²) in [4.78, 5) is 0.695. The van der Waals surface area contributed by atoms with Crippen molar-refractivity contribution < 1.29 is 4.21 Å². The van der Waals surface area contributed by atoms with Crippen LogP contribution in [-0.4, -0.2) is 17.0 Å². The molecule has 0 spiro atoms. The van der Waals surface area contributed by atoms with Gasteiger partial charge in [0.2, 0.25) is 0 Å². The molecule has 4 heteroatoms. The van der Waals surface area contributed by atoms with Crippen LogP contribution in [0.5, 0.6) is 0 Å². The van der Waals surface area contributed by atoms with Gasteiger partial charge in [0.1, 0.15) is 0 Å². The van der Waals surface area contributed by atoms with Gasteiger partial charge in [0.15, 0.2) is 0 Å². The van der Waals surface area contributed by atoms with E-state index in [0.717, 1.165) is 5.56 Å². The van der Waals surface area contributed by atoms with Crippen molar-refractivity contribution in [2.24, 2.45) is 0 Å². The molecule has 0 saturated heterocycles. The van der Waals surface area contributed by atoms with Crippen LogP contribution in [0.4, 0.5) is 0 Å². The van der Waals surface area contributed by atoms with E-state index in [4.69, 9.17) is 11.6 Å². The average Bonchev–Trinajstić information content (AvgIpc) is 2.46. The van der Waals surface area contributed by atoms with Crippen LogP contribution in [0.25, 0.3) is 0 Å². The summed E-state index contributed by atoms with van der Waals surface area (Å²) in [7, 11) is 0.757. The van der Waals surface area contributed by atoms with Gasteiger partial charge in [-0.15, -0.1) is 0 Å². The first kappa shape index (κ1) is 14.3. The lowest BCUT2D eigenvalue weighted by atomic mass is 10.1. The second-order valence-corrected chi connectivity index (χ2v) is 6.07. The quantitative estimate of drug-likeness (QED) is 0.915. The molecule has 0 aliphatic heterocycles. The summed E-state index contributed by atoms with van der Waals surface area (Å²) in [5.74, 6) is 0.504. The zero-order valence-electron chi connectivity index (χ0n) is 10.7. The van der Waals surface area contributed by atoms with Gasteiger partial charge < -0.3 is 5.32 Å². The maximum absolute atomic E-state index is 12.4. The molecular formula is C15H16ClNOS. The fourth-order valence-corrected chi connectivity index (χ4v) is 3.65. The van der Waals surface area contributed by atoms with Gasteiger partial charge in [0.25, 0.3) is 0 Å². The summed E-state index contributed by atoms with van der Waals surface area (Å²) in [6.45, 7) is 0. The van der Waals surface area contributed by atoms with Crippen LogP contribution in [0.3, 0.4) is 0 Å². The van der Waals surface area contributed by atoms with E-state index >= 15 is 0 Å². The summed E-state index contributed by atoms with van der Waals surface area (Å²) in [5, 5.41) is 3.76. The van der Waals surface area contributed by atoms with E-state index < -0.39 is 10.8 Å². The van der Waals surface area contributed by atoms with Gasteiger partial charge in [-0.25, -0.2) is 0 Å². The maximum atomic E-state index is 12.4. The largest absolute Gasteiger partial charge is 0.312 e. The second-order valence-electron chi connectivity index (χ2n) is 4.19. The highest BCUT2D eigenvalue weighted by atomic mass is 35.5. The Kier molecular flexibility index (Phi) is 5.14. The minimum Gasteiger partial charge on any atom is -0.312 e. The van der Waals surface area contributed by atoms with Crippen LogP contribution in [0.1, 0.15) is 11.6 Å². The molecule has 0 saturated carbocycles. The number of hydrogen-bond acceptors (Lipinski definition) is 2. The Bertz CT molecular complexity index is 559. The third-order valence-electron chi connectivity index (χ3n) is 2.95. The lowest BCUT2D eigenvalue weighted by Crippen LogP contribution is -2.22. The summed E-state index contributed by atoms with van der Waals surface area (Å²) in [5.41, 5.74) is 1.13. The Morgan fingerprint density at radius 1 is 1.11 bits per heavy atom. The molecule has 0 aliphatic rings. The molecule has 0 radical (unpaired) electrons. The number of nitrogens with one attached hydrogen (secondary N) is 1. The SMILES string of the molecule is CNC(CS(=O)c1ccccc1Cl)c1ccccc1. The van der Waals surface area contributed by atoms with E-state index in [9.17, 15) is 4.21 Å². The molecule has 100 valence electrons. The zero-order valence-corrected chi connectivity index (χ0v) is 12.2. The van der Waals surface area contributed by atoms with Crippen molar-refractivity contribution >= 4 is 22.4 Å². The molecule has 0 fully saturated rings. The van der Waals surface area contributed by atoms with Crippen molar-refractivity contribution in [1.29, 1.82) is 0 Å². The standard InChI is InChI=1S/C15H16ClNOS/c1-17-14(12-7-3-2-4-8-12)11-19(18)15-10-6-5-9-13(15)16/h2-10,14,17H,11H2,1H3. The summed E-state index contributed by atoms with van der Waals surface area (Å²) in [6.07, 6.45) is 0. The Balaban J connectivity index is 2.16. The summed E-state index contributed by atoms with van der Waals surface area (Å²) >= 11 is 6.08. The van der Waals surface area contributed by atoms with Gasteiger partial charge in [0.05, 0.1) is 20.7 Å². The summed E-state index contributed by atoms with van der Waals surface area (Å²) in [6, 6.07) is 17.3. The van der Waals surface area contributed by atoms with E-state index in [2.05, 4.69) is 5.32 Å². The molecule has 2 atom stereocenters. The molecule has 0 aromatic heterocycles. The normalized spacial score (nSPS) is 14.0. The van der Waals surface area contributed by atoms with Crippen LogP contribution in [0.15, 0.2) is 59.5 Å². The molecule has 19 heavy (non-hydrogen) atoms. The molecule has 0 amide bonds. The first-order valence-corrected chi connectivity index (χ1v) is 7.77. The van der Waals surface area contributed by atoms with Crippen molar-refractivity contribution in [1.82, 2.24) is 5.32 Å². The van der Waals surface area contributed by atoms with Crippen LogP contribution in [0.2, 0.25) is 5.02 Å².